The monoisotopic (exact) mass is 321 g/mol. The van der Waals surface area contributed by atoms with Crippen LogP contribution in [0.5, 0.6) is 11.5 Å². The molecule has 126 valence electrons. The zero-order chi connectivity index (χ0) is 16.7. The van der Waals surface area contributed by atoms with Gasteiger partial charge in [0.25, 0.3) is 0 Å². The number of rotatable bonds is 6. The van der Waals surface area contributed by atoms with Crippen molar-refractivity contribution < 1.29 is 19.1 Å². The van der Waals surface area contributed by atoms with Crippen molar-refractivity contribution in [3.63, 3.8) is 0 Å². The Kier molecular flexibility index (Phi) is 6.08. The van der Waals surface area contributed by atoms with Crippen LogP contribution in [0.2, 0.25) is 0 Å². The van der Waals surface area contributed by atoms with Gasteiger partial charge < -0.3 is 25.0 Å². The van der Waals surface area contributed by atoms with Gasteiger partial charge in [-0.1, -0.05) is 12.1 Å². The third kappa shape index (κ3) is 5.36. The van der Waals surface area contributed by atoms with Crippen LogP contribution in [0, 0.1) is 0 Å². The number of fused-ring (bicyclic) bond motifs is 1. The Morgan fingerprint density at radius 2 is 1.91 bits per heavy atom. The van der Waals surface area contributed by atoms with E-state index in [9.17, 15) is 9.59 Å². The number of carbonyl (C=O) groups is 2. The van der Waals surface area contributed by atoms with Crippen molar-refractivity contribution in [2.45, 2.75) is 19.4 Å². The van der Waals surface area contributed by atoms with E-state index in [2.05, 4.69) is 10.6 Å². The average Bonchev–Trinajstić information content (AvgIpc) is 2.54. The van der Waals surface area contributed by atoms with E-state index in [0.717, 1.165) is 5.75 Å². The molecule has 0 unspecified atom stereocenters. The molecule has 3 amide bonds. The van der Waals surface area contributed by atoms with Crippen LogP contribution in [0.25, 0.3) is 0 Å². The second-order valence-electron chi connectivity index (χ2n) is 5.45. The van der Waals surface area contributed by atoms with E-state index in [1.807, 2.05) is 24.3 Å². The molecule has 7 nitrogen and oxygen atoms in total. The second kappa shape index (κ2) is 8.26. The van der Waals surface area contributed by atoms with Crippen LogP contribution in [0.3, 0.4) is 0 Å². The summed E-state index contributed by atoms with van der Waals surface area (Å²) in [6.07, 6.45) is 0.496. The van der Waals surface area contributed by atoms with E-state index in [4.69, 9.17) is 9.47 Å². The molecule has 0 fully saturated rings. The maximum Gasteiger partial charge on any atom is 0.317 e. The summed E-state index contributed by atoms with van der Waals surface area (Å²) in [4.78, 5) is 24.3. The lowest BCUT2D eigenvalue weighted by Gasteiger charge is -2.29. The van der Waals surface area contributed by atoms with Crippen LogP contribution < -0.4 is 20.1 Å². The Morgan fingerprint density at radius 3 is 2.65 bits per heavy atom. The molecule has 1 aliphatic rings. The number of nitrogens with zero attached hydrogens (tertiary/aromatic N) is 1. The molecule has 2 rings (SSSR count). The lowest BCUT2D eigenvalue weighted by molar-refractivity contribution is -0.118. The summed E-state index contributed by atoms with van der Waals surface area (Å²) >= 11 is 0. The SMILES string of the molecule is CC(=O)NCCCNC(=O)N(C)C[C@H]1COc2ccccc2O1. The van der Waals surface area contributed by atoms with Gasteiger partial charge in [-0.15, -0.1) is 0 Å². The van der Waals surface area contributed by atoms with Gasteiger partial charge >= 0.3 is 6.03 Å². The molecule has 0 spiro atoms. The van der Waals surface area contributed by atoms with Crippen molar-refractivity contribution in [1.82, 2.24) is 15.5 Å². The topological polar surface area (TPSA) is 79.9 Å². The molecule has 0 radical (unpaired) electrons. The van der Waals surface area contributed by atoms with E-state index in [1.165, 1.54) is 6.92 Å². The standard InChI is InChI=1S/C16H23N3O4/c1-12(20)17-8-5-9-18-16(21)19(2)10-13-11-22-14-6-3-4-7-15(14)23-13/h3-4,6-7,13H,5,8-11H2,1-2H3,(H,17,20)(H,18,21)/t13-/m0/s1. The third-order valence-corrected chi connectivity index (χ3v) is 3.40. The largest absolute Gasteiger partial charge is 0.486 e. The molecule has 7 heteroatoms. The summed E-state index contributed by atoms with van der Waals surface area (Å²) < 4.78 is 11.5. The van der Waals surface area contributed by atoms with Crippen molar-refractivity contribution in [2.24, 2.45) is 0 Å². The van der Waals surface area contributed by atoms with Crippen LogP contribution in [-0.2, 0) is 4.79 Å². The number of para-hydroxylation sites is 2. The number of urea groups is 1. The Bertz CT molecular complexity index is 550. The van der Waals surface area contributed by atoms with Gasteiger partial charge in [0.2, 0.25) is 5.91 Å². The van der Waals surface area contributed by atoms with E-state index in [1.54, 1.807) is 11.9 Å². The van der Waals surface area contributed by atoms with Gasteiger partial charge in [-0.2, -0.15) is 0 Å². The summed E-state index contributed by atoms with van der Waals surface area (Å²) in [7, 11) is 1.72. The minimum atomic E-state index is -0.194. The highest BCUT2D eigenvalue weighted by Crippen LogP contribution is 2.30. The predicted octanol–water partition coefficient (Wildman–Crippen LogP) is 0.994. The van der Waals surface area contributed by atoms with Gasteiger partial charge in [0.15, 0.2) is 17.6 Å². The van der Waals surface area contributed by atoms with Crippen molar-refractivity contribution in [3.05, 3.63) is 24.3 Å². The number of carbonyl (C=O) groups excluding carboxylic acids is 2. The first-order valence-electron chi connectivity index (χ1n) is 7.68. The summed E-state index contributed by atoms with van der Waals surface area (Å²) in [6.45, 7) is 3.38. The van der Waals surface area contributed by atoms with Crippen LogP contribution in [0.1, 0.15) is 13.3 Å². The zero-order valence-corrected chi connectivity index (χ0v) is 13.5. The van der Waals surface area contributed by atoms with Gasteiger partial charge in [0.05, 0.1) is 6.54 Å². The molecule has 1 aliphatic heterocycles. The first-order chi connectivity index (χ1) is 11.1. The fourth-order valence-corrected chi connectivity index (χ4v) is 2.22. The summed E-state index contributed by atoms with van der Waals surface area (Å²) in [5.41, 5.74) is 0. The maximum atomic E-state index is 12.0. The van der Waals surface area contributed by atoms with Crippen molar-refractivity contribution >= 4 is 11.9 Å². The smallest absolute Gasteiger partial charge is 0.317 e. The van der Waals surface area contributed by atoms with Crippen LogP contribution >= 0.6 is 0 Å². The number of benzene rings is 1. The molecule has 0 saturated carbocycles. The molecule has 0 saturated heterocycles. The minimum absolute atomic E-state index is 0.0665. The minimum Gasteiger partial charge on any atom is -0.486 e. The molecule has 0 aliphatic carbocycles. The molecule has 0 bridgehead atoms. The highest BCUT2D eigenvalue weighted by atomic mass is 16.6. The molecule has 1 aromatic rings. The van der Waals surface area contributed by atoms with E-state index >= 15 is 0 Å². The van der Waals surface area contributed by atoms with E-state index in [-0.39, 0.29) is 18.0 Å². The third-order valence-electron chi connectivity index (χ3n) is 3.40. The molecule has 0 aromatic heterocycles. The van der Waals surface area contributed by atoms with Gasteiger partial charge in [0, 0.05) is 27.1 Å². The first-order valence-corrected chi connectivity index (χ1v) is 7.68. The van der Waals surface area contributed by atoms with E-state index < -0.39 is 0 Å². The lowest BCUT2D eigenvalue weighted by atomic mass is 10.2. The summed E-state index contributed by atoms with van der Waals surface area (Å²) in [5, 5.41) is 5.49. The predicted molar refractivity (Wildman–Crippen MR) is 85.7 cm³/mol. The number of likely N-dealkylation sites (N-methyl/N-ethyl adjacent to an activating group) is 1. The second-order valence-corrected chi connectivity index (χ2v) is 5.45. The molecule has 23 heavy (non-hydrogen) atoms. The number of hydrogen-bond acceptors (Lipinski definition) is 4. The van der Waals surface area contributed by atoms with Crippen molar-refractivity contribution in [1.29, 1.82) is 0 Å². The zero-order valence-electron chi connectivity index (χ0n) is 13.5. The first kappa shape index (κ1) is 16.9. The molecule has 1 atom stereocenters. The van der Waals surface area contributed by atoms with E-state index in [0.29, 0.717) is 38.4 Å². The van der Waals surface area contributed by atoms with Gasteiger partial charge in [-0.3, -0.25) is 4.79 Å². The lowest BCUT2D eigenvalue weighted by Crippen LogP contribution is -2.45. The number of amides is 3. The van der Waals surface area contributed by atoms with Crippen molar-refractivity contribution in [3.8, 4) is 11.5 Å². The maximum absolute atomic E-state index is 12.0. The van der Waals surface area contributed by atoms with Crippen LogP contribution in [0.15, 0.2) is 24.3 Å². The van der Waals surface area contributed by atoms with Gasteiger partial charge in [-0.25, -0.2) is 4.79 Å². The fourth-order valence-electron chi connectivity index (χ4n) is 2.22. The Balaban J connectivity index is 1.69. The molecular formula is C16H23N3O4. The molecule has 1 aromatic carbocycles. The van der Waals surface area contributed by atoms with Crippen molar-refractivity contribution in [2.75, 3.05) is 33.3 Å². The highest BCUT2D eigenvalue weighted by molar-refractivity contribution is 5.74. The Labute approximate surface area is 135 Å². The highest BCUT2D eigenvalue weighted by Gasteiger charge is 2.23. The van der Waals surface area contributed by atoms with Gasteiger partial charge in [0.1, 0.15) is 6.61 Å². The normalized spacial score (nSPS) is 15.7. The summed E-state index contributed by atoms with van der Waals surface area (Å²) in [6, 6.07) is 7.31. The Hall–Kier alpha value is -2.44. The molecular weight excluding hydrogens is 298 g/mol. The number of ether oxygens (including phenoxy) is 2. The fraction of sp³-hybridized carbons (Fsp3) is 0.500. The average molecular weight is 321 g/mol. The number of hydrogen-bond donors (Lipinski definition) is 2. The molecule has 1 heterocycles. The van der Waals surface area contributed by atoms with Crippen LogP contribution in [0.4, 0.5) is 4.79 Å². The van der Waals surface area contributed by atoms with Crippen LogP contribution in [-0.4, -0.2) is 56.2 Å². The number of nitrogens with one attached hydrogen (secondary N) is 2. The molecule has 2 N–H and O–H groups in total. The van der Waals surface area contributed by atoms with Gasteiger partial charge in [-0.05, 0) is 18.6 Å². The summed E-state index contributed by atoms with van der Waals surface area (Å²) in [5.74, 6) is 1.37. The quantitative estimate of drug-likeness (QED) is 0.766. The Morgan fingerprint density at radius 1 is 1.22 bits per heavy atom.